The highest BCUT2D eigenvalue weighted by Gasteiger charge is 2.36. The average Bonchev–Trinajstić information content (AvgIpc) is 3.07. The number of anilines is 1. The number of hydrogen-bond donors (Lipinski definition) is 2. The number of nitrogen functional groups attached to an aromatic ring is 1. The Morgan fingerprint density at radius 1 is 1.37 bits per heavy atom. The molecule has 0 bridgehead atoms. The third kappa shape index (κ3) is 5.27. The molecule has 2 aromatic rings. The van der Waals surface area contributed by atoms with Crippen molar-refractivity contribution in [3.8, 4) is 0 Å². The Hall–Kier alpha value is -3.58. The zero-order chi connectivity index (χ0) is 21.7. The van der Waals surface area contributed by atoms with Gasteiger partial charge in [-0.1, -0.05) is 12.1 Å². The van der Waals surface area contributed by atoms with Crippen molar-refractivity contribution in [3.63, 3.8) is 0 Å². The fourth-order valence-corrected chi connectivity index (χ4v) is 2.82. The molecule has 3 atom stereocenters. The zero-order valence-electron chi connectivity index (χ0n) is 15.6. The van der Waals surface area contributed by atoms with Crippen molar-refractivity contribution in [2.24, 2.45) is 0 Å². The van der Waals surface area contributed by atoms with Crippen LogP contribution in [-0.4, -0.2) is 56.1 Å². The second kappa shape index (κ2) is 9.28. The summed E-state index contributed by atoms with van der Waals surface area (Å²) in [5, 5.41) is 20.7. The van der Waals surface area contributed by atoms with E-state index in [0.717, 1.165) is 16.5 Å². The van der Waals surface area contributed by atoms with Gasteiger partial charge in [-0.05, 0) is 5.56 Å². The highest BCUT2D eigenvalue weighted by molar-refractivity contribution is 5.59. The quantitative estimate of drug-likeness (QED) is 0.353. The summed E-state index contributed by atoms with van der Waals surface area (Å²) in [7, 11) is 0. The molecule has 0 radical (unpaired) electrons. The largest absolute Gasteiger partial charge is 0.508 e. The van der Waals surface area contributed by atoms with Crippen molar-refractivity contribution in [2.75, 3.05) is 18.9 Å². The molecule has 1 aliphatic heterocycles. The normalized spacial score (nSPS) is 20.6. The van der Waals surface area contributed by atoms with Gasteiger partial charge in [0.2, 0.25) is 5.95 Å². The molecule has 3 rings (SSSR count). The van der Waals surface area contributed by atoms with Gasteiger partial charge in [0.25, 0.3) is 5.69 Å². The minimum absolute atomic E-state index is 0.00547. The van der Waals surface area contributed by atoms with E-state index in [2.05, 4.69) is 9.97 Å². The molecule has 2 heterocycles. The lowest BCUT2D eigenvalue weighted by Crippen LogP contribution is -2.30. The Bertz CT molecular complexity index is 963. The number of carbonyl (C=O) groups excluding carboxylic acids is 1. The predicted molar refractivity (Wildman–Crippen MR) is 99.3 cm³/mol. The molecule has 1 aliphatic rings. The van der Waals surface area contributed by atoms with Crippen molar-refractivity contribution in [2.45, 2.75) is 31.3 Å². The maximum Gasteiger partial charge on any atom is 0.508 e. The van der Waals surface area contributed by atoms with E-state index in [4.69, 9.17) is 19.9 Å². The van der Waals surface area contributed by atoms with E-state index in [1.54, 1.807) is 12.1 Å². The number of nitrogens with two attached hydrogens (primary N) is 1. The third-order valence-electron chi connectivity index (χ3n) is 4.38. The van der Waals surface area contributed by atoms with Crippen LogP contribution in [0.4, 0.5) is 16.4 Å². The molecule has 1 aromatic carbocycles. The second-order valence-corrected chi connectivity index (χ2v) is 6.42. The molecular formula is C17H19N5O8. The zero-order valence-corrected chi connectivity index (χ0v) is 15.6. The summed E-state index contributed by atoms with van der Waals surface area (Å²) < 4.78 is 16.5. The van der Waals surface area contributed by atoms with Gasteiger partial charge in [-0.3, -0.25) is 14.7 Å². The average molecular weight is 421 g/mol. The van der Waals surface area contributed by atoms with Gasteiger partial charge in [-0.25, -0.2) is 14.6 Å². The van der Waals surface area contributed by atoms with Gasteiger partial charge < -0.3 is 25.1 Å². The monoisotopic (exact) mass is 421 g/mol. The van der Waals surface area contributed by atoms with E-state index >= 15 is 0 Å². The Kier molecular flexibility index (Phi) is 6.54. The number of nitro benzene ring substituents is 1. The number of nitro groups is 1. The third-order valence-corrected chi connectivity index (χ3v) is 4.38. The fourth-order valence-electron chi connectivity index (χ4n) is 2.82. The van der Waals surface area contributed by atoms with Crippen LogP contribution in [0.1, 0.15) is 18.2 Å². The number of carbonyl (C=O) groups is 1. The molecule has 30 heavy (non-hydrogen) atoms. The molecule has 0 spiro atoms. The standard InChI is InChI=1S/C17H19N5O8/c18-15-19-9-21(16(24)20-15)14-7-12(23)13(30-14)8-29-17(25)28-6-5-10-1-3-11(4-2-10)22(26)27/h1-4,9,12-14,23H,5-8H2,(H2,18,20,24)/t12-,13+,14+/m0/s1. The Morgan fingerprint density at radius 2 is 2.10 bits per heavy atom. The van der Waals surface area contributed by atoms with Crippen LogP contribution < -0.4 is 11.4 Å². The molecule has 1 fully saturated rings. The number of aliphatic hydroxyl groups excluding tert-OH is 1. The maximum absolute atomic E-state index is 11.8. The van der Waals surface area contributed by atoms with Gasteiger partial charge in [0.1, 0.15) is 25.3 Å². The van der Waals surface area contributed by atoms with Gasteiger partial charge in [0, 0.05) is 25.0 Å². The highest BCUT2D eigenvalue weighted by Crippen LogP contribution is 2.27. The minimum Gasteiger partial charge on any atom is -0.434 e. The first kappa shape index (κ1) is 21.1. The Balaban J connectivity index is 1.42. The van der Waals surface area contributed by atoms with Gasteiger partial charge in [0.05, 0.1) is 17.6 Å². The van der Waals surface area contributed by atoms with Crippen LogP contribution in [0.3, 0.4) is 0 Å². The number of ether oxygens (including phenoxy) is 3. The van der Waals surface area contributed by atoms with E-state index < -0.39 is 35.2 Å². The second-order valence-electron chi connectivity index (χ2n) is 6.42. The van der Waals surface area contributed by atoms with Crippen LogP contribution in [0.15, 0.2) is 35.4 Å². The van der Waals surface area contributed by atoms with Crippen LogP contribution in [0.2, 0.25) is 0 Å². The lowest BCUT2D eigenvalue weighted by Gasteiger charge is -2.15. The van der Waals surface area contributed by atoms with E-state index in [1.165, 1.54) is 12.1 Å². The van der Waals surface area contributed by atoms with Crippen molar-refractivity contribution >= 4 is 17.8 Å². The lowest BCUT2D eigenvalue weighted by atomic mass is 10.1. The molecule has 160 valence electrons. The number of hydrogen-bond acceptors (Lipinski definition) is 11. The predicted octanol–water partition coefficient (Wildman–Crippen LogP) is 0.173. The van der Waals surface area contributed by atoms with Crippen LogP contribution in [0.25, 0.3) is 0 Å². The first-order valence-electron chi connectivity index (χ1n) is 8.90. The summed E-state index contributed by atoms with van der Waals surface area (Å²) >= 11 is 0. The topological polar surface area (TPSA) is 182 Å². The van der Waals surface area contributed by atoms with Crippen molar-refractivity contribution < 1.29 is 29.0 Å². The first-order chi connectivity index (χ1) is 14.3. The van der Waals surface area contributed by atoms with Gasteiger partial charge >= 0.3 is 11.8 Å². The molecule has 1 saturated heterocycles. The molecule has 0 aliphatic carbocycles. The summed E-state index contributed by atoms with van der Waals surface area (Å²) in [6.07, 6.45) is -2.02. The molecule has 0 saturated carbocycles. The molecule has 0 unspecified atom stereocenters. The molecule has 0 amide bonds. The maximum atomic E-state index is 11.8. The number of non-ortho nitro benzene ring substituents is 1. The van der Waals surface area contributed by atoms with Crippen LogP contribution >= 0.6 is 0 Å². The van der Waals surface area contributed by atoms with E-state index in [-0.39, 0.29) is 31.3 Å². The molecule has 3 N–H and O–H groups in total. The van der Waals surface area contributed by atoms with E-state index in [1.807, 2.05) is 0 Å². The van der Waals surface area contributed by atoms with Crippen LogP contribution in [0, 0.1) is 10.1 Å². The molecule has 13 heteroatoms. The summed E-state index contributed by atoms with van der Waals surface area (Å²) in [5.74, 6) is -0.175. The summed E-state index contributed by atoms with van der Waals surface area (Å²) in [5.41, 5.74) is 5.38. The summed E-state index contributed by atoms with van der Waals surface area (Å²) in [6.45, 7) is -0.274. The highest BCUT2D eigenvalue weighted by atomic mass is 16.7. The van der Waals surface area contributed by atoms with Crippen LogP contribution in [0.5, 0.6) is 0 Å². The molecule has 13 nitrogen and oxygen atoms in total. The lowest BCUT2D eigenvalue weighted by molar-refractivity contribution is -0.384. The van der Waals surface area contributed by atoms with Gasteiger partial charge in [-0.15, -0.1) is 0 Å². The molecule has 1 aromatic heterocycles. The van der Waals surface area contributed by atoms with Gasteiger partial charge in [-0.2, -0.15) is 4.98 Å². The number of aromatic nitrogens is 3. The fraction of sp³-hybridized carbons (Fsp3) is 0.412. The number of rotatable bonds is 7. The number of aliphatic hydroxyl groups is 1. The first-order valence-corrected chi connectivity index (χ1v) is 8.90. The van der Waals surface area contributed by atoms with E-state index in [0.29, 0.717) is 6.42 Å². The minimum atomic E-state index is -0.979. The summed E-state index contributed by atoms with van der Waals surface area (Å²) in [4.78, 5) is 40.9. The van der Waals surface area contributed by atoms with Crippen LogP contribution in [-0.2, 0) is 20.6 Å². The van der Waals surface area contributed by atoms with Crippen molar-refractivity contribution in [1.29, 1.82) is 0 Å². The SMILES string of the molecule is Nc1ncn([C@H]2C[C@H](O)[C@@H](COC(=O)OCCc3ccc([N+](=O)[O-])cc3)O2)c(=O)n1. The Labute approximate surface area is 169 Å². The number of benzene rings is 1. The van der Waals surface area contributed by atoms with E-state index in [9.17, 15) is 24.8 Å². The van der Waals surface area contributed by atoms with Crippen molar-refractivity contribution in [1.82, 2.24) is 14.5 Å². The molecular weight excluding hydrogens is 402 g/mol. The number of nitrogens with zero attached hydrogens (tertiary/aromatic N) is 4. The summed E-state index contributed by atoms with van der Waals surface area (Å²) in [6, 6.07) is 5.86. The van der Waals surface area contributed by atoms with Gasteiger partial charge in [0.15, 0.2) is 0 Å². The smallest absolute Gasteiger partial charge is 0.434 e. The Morgan fingerprint density at radius 3 is 2.77 bits per heavy atom. The van der Waals surface area contributed by atoms with Crippen molar-refractivity contribution in [3.05, 3.63) is 56.8 Å².